The van der Waals surface area contributed by atoms with Crippen LogP contribution in [0, 0.1) is 0 Å². The quantitative estimate of drug-likeness (QED) is 0.650. The molecule has 9 nitrogen and oxygen atoms in total. The molecule has 0 radical (unpaired) electrons. The molecule has 0 aliphatic carbocycles. The van der Waals surface area contributed by atoms with Crippen molar-refractivity contribution in [3.63, 3.8) is 0 Å². The number of tetrazole rings is 1. The molecule has 0 fully saturated rings. The van der Waals surface area contributed by atoms with Crippen LogP contribution < -0.4 is 0 Å². The van der Waals surface area contributed by atoms with E-state index in [0.29, 0.717) is 25.5 Å². The summed E-state index contributed by atoms with van der Waals surface area (Å²) in [4.78, 5) is 20.0. The van der Waals surface area contributed by atoms with Gasteiger partial charge in [0.1, 0.15) is 5.82 Å². The number of nitrogens with zero attached hydrogens (tertiary/aromatic N) is 8. The fourth-order valence-electron chi connectivity index (χ4n) is 4.39. The maximum atomic E-state index is 13.3. The molecule has 1 atom stereocenters. The Labute approximate surface area is 175 Å². The minimum absolute atomic E-state index is 0.128. The summed E-state index contributed by atoms with van der Waals surface area (Å²) in [5.74, 6) is 2.45. The molecule has 2 aliphatic heterocycles. The van der Waals surface area contributed by atoms with E-state index in [0.717, 1.165) is 56.7 Å². The Hall–Kier alpha value is -3.10. The summed E-state index contributed by atoms with van der Waals surface area (Å²) in [6.45, 7) is 2.77. The van der Waals surface area contributed by atoms with Gasteiger partial charge in [-0.3, -0.25) is 4.79 Å². The van der Waals surface area contributed by atoms with Gasteiger partial charge < -0.3 is 4.90 Å². The van der Waals surface area contributed by atoms with Crippen molar-refractivity contribution in [2.24, 2.45) is 0 Å². The van der Waals surface area contributed by atoms with Gasteiger partial charge in [-0.25, -0.2) is 14.3 Å². The van der Waals surface area contributed by atoms with Crippen molar-refractivity contribution in [1.82, 2.24) is 39.9 Å². The van der Waals surface area contributed by atoms with Crippen molar-refractivity contribution in [3.8, 4) is 0 Å². The Balaban J connectivity index is 1.23. The molecule has 3 aromatic rings. The SMILES string of the molecule is O=C(C1CCCCn2nnnc21)N1CCc2nc(CCc3ccccc3)nn2CC1. The van der Waals surface area contributed by atoms with Gasteiger partial charge >= 0.3 is 0 Å². The Morgan fingerprint density at radius 3 is 2.80 bits per heavy atom. The standard InChI is InChI=1S/C21H26N8O/c30-21(17-8-4-5-12-29-20(17)23-25-26-29)27-13-11-19-22-18(24-28(19)15-14-27)10-9-16-6-2-1-3-7-16/h1-3,6-7,17H,4-5,8-15H2. The summed E-state index contributed by atoms with van der Waals surface area (Å²) in [5, 5.41) is 16.7. The van der Waals surface area contributed by atoms with Gasteiger partial charge in [0.2, 0.25) is 5.91 Å². The fourth-order valence-corrected chi connectivity index (χ4v) is 4.39. The van der Waals surface area contributed by atoms with Gasteiger partial charge in [-0.2, -0.15) is 5.10 Å². The minimum atomic E-state index is -0.248. The highest BCUT2D eigenvalue weighted by atomic mass is 16.2. The monoisotopic (exact) mass is 406 g/mol. The first-order valence-electron chi connectivity index (χ1n) is 10.8. The zero-order valence-corrected chi connectivity index (χ0v) is 17.0. The Morgan fingerprint density at radius 1 is 1.00 bits per heavy atom. The summed E-state index contributed by atoms with van der Waals surface area (Å²) < 4.78 is 3.77. The van der Waals surface area contributed by atoms with E-state index in [9.17, 15) is 4.79 Å². The smallest absolute Gasteiger partial charge is 0.233 e. The maximum absolute atomic E-state index is 13.3. The van der Waals surface area contributed by atoms with Gasteiger partial charge in [0.05, 0.1) is 12.5 Å². The number of fused-ring (bicyclic) bond motifs is 2. The van der Waals surface area contributed by atoms with Crippen LogP contribution in [0.4, 0.5) is 0 Å². The molecule has 0 N–H and O–H groups in total. The molecule has 0 saturated carbocycles. The second-order valence-corrected chi connectivity index (χ2v) is 8.04. The van der Waals surface area contributed by atoms with Crippen LogP contribution in [0.2, 0.25) is 0 Å². The van der Waals surface area contributed by atoms with Crippen molar-refractivity contribution < 1.29 is 4.79 Å². The van der Waals surface area contributed by atoms with E-state index in [-0.39, 0.29) is 11.8 Å². The fraction of sp³-hybridized carbons (Fsp3) is 0.524. The highest BCUT2D eigenvalue weighted by Gasteiger charge is 2.32. The molecule has 0 saturated heterocycles. The molecule has 1 amide bonds. The average Bonchev–Trinajstić information content (AvgIpc) is 3.28. The molecule has 0 bridgehead atoms. The van der Waals surface area contributed by atoms with Crippen molar-refractivity contribution >= 4 is 5.91 Å². The third kappa shape index (κ3) is 3.83. The van der Waals surface area contributed by atoms with Crippen molar-refractivity contribution in [2.45, 2.75) is 57.5 Å². The van der Waals surface area contributed by atoms with E-state index in [1.54, 1.807) is 4.68 Å². The summed E-state index contributed by atoms with van der Waals surface area (Å²) in [5.41, 5.74) is 1.30. The lowest BCUT2D eigenvalue weighted by molar-refractivity contribution is -0.133. The second kappa shape index (κ2) is 8.33. The Morgan fingerprint density at radius 2 is 1.90 bits per heavy atom. The summed E-state index contributed by atoms with van der Waals surface area (Å²) in [6.07, 6.45) is 5.31. The van der Waals surface area contributed by atoms with Gasteiger partial charge in [-0.1, -0.05) is 36.8 Å². The van der Waals surface area contributed by atoms with Crippen LogP contribution in [0.15, 0.2) is 30.3 Å². The maximum Gasteiger partial charge on any atom is 0.233 e. The molecule has 0 spiro atoms. The van der Waals surface area contributed by atoms with E-state index in [1.165, 1.54) is 5.56 Å². The number of rotatable bonds is 4. The lowest BCUT2D eigenvalue weighted by Gasteiger charge is -2.24. The van der Waals surface area contributed by atoms with Crippen molar-refractivity contribution in [3.05, 3.63) is 53.4 Å². The van der Waals surface area contributed by atoms with E-state index in [2.05, 4.69) is 39.8 Å². The largest absolute Gasteiger partial charge is 0.340 e. The molecule has 9 heteroatoms. The van der Waals surface area contributed by atoms with Gasteiger partial charge in [0.15, 0.2) is 11.6 Å². The molecule has 4 heterocycles. The number of aromatic nitrogens is 7. The third-order valence-corrected chi connectivity index (χ3v) is 6.05. The topological polar surface area (TPSA) is 94.6 Å². The molecule has 2 aromatic heterocycles. The van der Waals surface area contributed by atoms with Crippen LogP contribution in [0.25, 0.3) is 0 Å². The lowest BCUT2D eigenvalue weighted by atomic mass is 10.0. The van der Waals surface area contributed by atoms with Crippen LogP contribution >= 0.6 is 0 Å². The molecular weight excluding hydrogens is 380 g/mol. The number of hydrogen-bond donors (Lipinski definition) is 0. The number of hydrogen-bond acceptors (Lipinski definition) is 6. The first-order valence-corrected chi connectivity index (χ1v) is 10.8. The molecule has 30 heavy (non-hydrogen) atoms. The normalized spacial score (nSPS) is 18.9. The summed E-state index contributed by atoms with van der Waals surface area (Å²) in [6, 6.07) is 10.4. The number of carbonyl (C=O) groups excluding carboxylic acids is 1. The average molecular weight is 406 g/mol. The van der Waals surface area contributed by atoms with Gasteiger partial charge in [0.25, 0.3) is 0 Å². The number of benzene rings is 1. The Bertz CT molecular complexity index is 986. The number of amides is 1. The minimum Gasteiger partial charge on any atom is -0.340 e. The van der Waals surface area contributed by atoms with E-state index < -0.39 is 0 Å². The van der Waals surface area contributed by atoms with Crippen LogP contribution in [-0.2, 0) is 37.1 Å². The van der Waals surface area contributed by atoms with E-state index in [4.69, 9.17) is 10.1 Å². The Kier molecular flexibility index (Phi) is 5.25. The highest BCUT2D eigenvalue weighted by Crippen LogP contribution is 2.26. The predicted octanol–water partition coefficient (Wildman–Crippen LogP) is 1.40. The molecule has 5 rings (SSSR count). The van der Waals surface area contributed by atoms with Gasteiger partial charge in [-0.15, -0.1) is 5.10 Å². The van der Waals surface area contributed by atoms with Crippen LogP contribution in [-0.4, -0.2) is 58.9 Å². The predicted molar refractivity (Wildman–Crippen MR) is 109 cm³/mol. The number of carbonyl (C=O) groups is 1. The van der Waals surface area contributed by atoms with Crippen molar-refractivity contribution in [2.75, 3.05) is 13.1 Å². The number of aryl methyl sites for hydroxylation is 3. The highest BCUT2D eigenvalue weighted by molar-refractivity contribution is 5.83. The first kappa shape index (κ1) is 18.9. The molecule has 1 aromatic carbocycles. The molecule has 2 aliphatic rings. The van der Waals surface area contributed by atoms with Crippen LogP contribution in [0.3, 0.4) is 0 Å². The first-order chi connectivity index (χ1) is 14.8. The van der Waals surface area contributed by atoms with Gasteiger partial charge in [0, 0.05) is 32.5 Å². The third-order valence-electron chi connectivity index (χ3n) is 6.05. The molecular formula is C21H26N8O. The zero-order valence-electron chi connectivity index (χ0n) is 17.0. The van der Waals surface area contributed by atoms with Gasteiger partial charge in [-0.05, 0) is 35.3 Å². The zero-order chi connectivity index (χ0) is 20.3. The van der Waals surface area contributed by atoms with E-state index >= 15 is 0 Å². The van der Waals surface area contributed by atoms with Crippen molar-refractivity contribution in [1.29, 1.82) is 0 Å². The summed E-state index contributed by atoms with van der Waals surface area (Å²) >= 11 is 0. The lowest BCUT2D eigenvalue weighted by Crippen LogP contribution is -2.38. The second-order valence-electron chi connectivity index (χ2n) is 8.04. The van der Waals surface area contributed by atoms with Crippen LogP contribution in [0.5, 0.6) is 0 Å². The van der Waals surface area contributed by atoms with Crippen LogP contribution in [0.1, 0.15) is 48.2 Å². The molecule has 1 unspecified atom stereocenters. The van der Waals surface area contributed by atoms with E-state index in [1.807, 2.05) is 15.6 Å². The molecule has 156 valence electrons. The summed E-state index contributed by atoms with van der Waals surface area (Å²) in [7, 11) is 0.